The van der Waals surface area contributed by atoms with Crippen LogP contribution in [0.3, 0.4) is 0 Å². The summed E-state index contributed by atoms with van der Waals surface area (Å²) in [5, 5.41) is 2.85. The molecule has 10 heteroatoms. The number of rotatable bonds is 13. The highest BCUT2D eigenvalue weighted by molar-refractivity contribution is 7.92. The van der Waals surface area contributed by atoms with Crippen LogP contribution in [0.2, 0.25) is 0 Å². The van der Waals surface area contributed by atoms with Gasteiger partial charge in [0.1, 0.15) is 12.6 Å². The van der Waals surface area contributed by atoms with Crippen molar-refractivity contribution in [3.8, 4) is 11.5 Å². The number of nitrogens with zero attached hydrogens (tertiary/aromatic N) is 2. The molecule has 2 aromatic rings. The van der Waals surface area contributed by atoms with Crippen LogP contribution in [0.25, 0.3) is 0 Å². The predicted molar refractivity (Wildman–Crippen MR) is 136 cm³/mol. The molecule has 0 bridgehead atoms. The van der Waals surface area contributed by atoms with E-state index in [2.05, 4.69) is 5.32 Å². The minimum atomic E-state index is -3.84. The van der Waals surface area contributed by atoms with Crippen molar-refractivity contribution in [1.82, 2.24) is 10.2 Å². The maximum Gasteiger partial charge on any atom is 0.244 e. The van der Waals surface area contributed by atoms with Gasteiger partial charge in [-0.3, -0.25) is 13.9 Å². The summed E-state index contributed by atoms with van der Waals surface area (Å²) >= 11 is 0. The van der Waals surface area contributed by atoms with E-state index in [1.807, 2.05) is 44.2 Å². The first-order valence-electron chi connectivity index (χ1n) is 11.5. The summed E-state index contributed by atoms with van der Waals surface area (Å²) in [5.74, 6) is 0.00112. The van der Waals surface area contributed by atoms with Gasteiger partial charge in [-0.15, -0.1) is 0 Å². The van der Waals surface area contributed by atoms with Gasteiger partial charge in [0.05, 0.1) is 26.2 Å². The van der Waals surface area contributed by atoms with Gasteiger partial charge >= 0.3 is 0 Å². The summed E-state index contributed by atoms with van der Waals surface area (Å²) in [7, 11) is -0.920. The van der Waals surface area contributed by atoms with E-state index in [4.69, 9.17) is 9.47 Å². The maximum atomic E-state index is 13.6. The minimum Gasteiger partial charge on any atom is -0.493 e. The van der Waals surface area contributed by atoms with Crippen LogP contribution in [0.15, 0.2) is 48.5 Å². The summed E-state index contributed by atoms with van der Waals surface area (Å²) < 4.78 is 37.0. The largest absolute Gasteiger partial charge is 0.493 e. The van der Waals surface area contributed by atoms with Crippen LogP contribution < -0.4 is 19.1 Å². The van der Waals surface area contributed by atoms with Crippen molar-refractivity contribution in [3.05, 3.63) is 54.1 Å². The standard InChI is InChI=1S/C25H35N3O6S/c1-6-15-26-25(30)21(7-2)27(17-19-11-9-8-10-12-19)24(29)18-28(35(5,31)32)20-13-14-22(33-3)23(16-20)34-4/h8-14,16,21H,6-7,15,17-18H2,1-5H3,(H,26,30)/t21-/m0/s1. The molecule has 0 aliphatic heterocycles. The van der Waals surface area contributed by atoms with Crippen LogP contribution >= 0.6 is 0 Å². The number of amides is 2. The van der Waals surface area contributed by atoms with Crippen molar-refractivity contribution in [3.63, 3.8) is 0 Å². The molecule has 0 unspecified atom stereocenters. The predicted octanol–water partition coefficient (Wildman–Crippen LogP) is 2.80. The highest BCUT2D eigenvalue weighted by Gasteiger charge is 2.31. The zero-order valence-electron chi connectivity index (χ0n) is 21.0. The highest BCUT2D eigenvalue weighted by atomic mass is 32.2. The number of sulfonamides is 1. The van der Waals surface area contributed by atoms with E-state index in [0.29, 0.717) is 24.5 Å². The van der Waals surface area contributed by atoms with Crippen molar-refractivity contribution < 1.29 is 27.5 Å². The Morgan fingerprint density at radius 3 is 2.20 bits per heavy atom. The summed E-state index contributed by atoms with van der Waals surface area (Å²) in [5.41, 5.74) is 1.08. The lowest BCUT2D eigenvalue weighted by Gasteiger charge is -2.33. The Morgan fingerprint density at radius 2 is 1.66 bits per heavy atom. The molecule has 9 nitrogen and oxygen atoms in total. The first kappa shape index (κ1) is 28.0. The molecule has 192 valence electrons. The average molecular weight is 506 g/mol. The summed E-state index contributed by atoms with van der Waals surface area (Å²) in [6, 6.07) is 13.2. The molecule has 1 N–H and O–H groups in total. The number of carbonyl (C=O) groups is 2. The molecule has 35 heavy (non-hydrogen) atoms. The van der Waals surface area contributed by atoms with Crippen LogP contribution in [0.5, 0.6) is 11.5 Å². The third kappa shape index (κ3) is 7.61. The fraction of sp³-hybridized carbons (Fsp3) is 0.440. The number of ether oxygens (including phenoxy) is 2. The smallest absolute Gasteiger partial charge is 0.244 e. The fourth-order valence-electron chi connectivity index (χ4n) is 3.66. The zero-order valence-corrected chi connectivity index (χ0v) is 21.8. The molecule has 1 atom stereocenters. The Hall–Kier alpha value is -3.27. The number of hydrogen-bond acceptors (Lipinski definition) is 6. The van der Waals surface area contributed by atoms with Gasteiger partial charge in [0.25, 0.3) is 0 Å². The lowest BCUT2D eigenvalue weighted by molar-refractivity contribution is -0.140. The van der Waals surface area contributed by atoms with Crippen LogP contribution in [-0.4, -0.2) is 64.7 Å². The molecular formula is C25H35N3O6S. The van der Waals surface area contributed by atoms with Gasteiger partial charge in [-0.05, 0) is 30.5 Å². The number of hydrogen-bond donors (Lipinski definition) is 1. The van der Waals surface area contributed by atoms with Gasteiger partial charge in [0, 0.05) is 19.2 Å². The monoisotopic (exact) mass is 505 g/mol. The van der Waals surface area contributed by atoms with Gasteiger partial charge in [0.2, 0.25) is 21.8 Å². The highest BCUT2D eigenvalue weighted by Crippen LogP contribution is 2.32. The number of benzene rings is 2. The van der Waals surface area contributed by atoms with Crippen molar-refractivity contribution in [2.24, 2.45) is 0 Å². The third-order valence-electron chi connectivity index (χ3n) is 5.47. The number of anilines is 1. The van der Waals surface area contributed by atoms with E-state index < -0.39 is 28.5 Å². The van der Waals surface area contributed by atoms with Gasteiger partial charge < -0.3 is 19.7 Å². The molecule has 0 aromatic heterocycles. The molecule has 2 rings (SSSR count). The second kappa shape index (κ2) is 13.0. The van der Waals surface area contributed by atoms with Crippen LogP contribution in [0, 0.1) is 0 Å². The van der Waals surface area contributed by atoms with Crippen molar-refractivity contribution in [1.29, 1.82) is 0 Å². The van der Waals surface area contributed by atoms with E-state index in [-0.39, 0.29) is 18.1 Å². The SMILES string of the molecule is CCCNC(=O)[C@H](CC)N(Cc1ccccc1)C(=O)CN(c1ccc(OC)c(OC)c1)S(C)(=O)=O. The van der Waals surface area contributed by atoms with E-state index in [9.17, 15) is 18.0 Å². The molecule has 0 aliphatic carbocycles. The van der Waals surface area contributed by atoms with Gasteiger partial charge in [-0.25, -0.2) is 8.42 Å². The number of nitrogens with one attached hydrogen (secondary N) is 1. The average Bonchev–Trinajstić information content (AvgIpc) is 2.85. The molecule has 0 spiro atoms. The van der Waals surface area contributed by atoms with Crippen molar-refractivity contribution in [2.45, 2.75) is 39.3 Å². The van der Waals surface area contributed by atoms with Gasteiger partial charge in [-0.1, -0.05) is 44.2 Å². The van der Waals surface area contributed by atoms with E-state index in [0.717, 1.165) is 22.5 Å². The quantitative estimate of drug-likeness (QED) is 0.449. The van der Waals surface area contributed by atoms with Crippen molar-refractivity contribution >= 4 is 27.5 Å². The van der Waals surface area contributed by atoms with E-state index in [1.165, 1.54) is 25.2 Å². The molecule has 2 aromatic carbocycles. The molecule has 0 saturated carbocycles. The Kier molecular flexibility index (Phi) is 10.4. The Morgan fingerprint density at radius 1 is 1.00 bits per heavy atom. The second-order valence-corrected chi connectivity index (χ2v) is 9.94. The normalized spacial score (nSPS) is 11.9. The molecule has 0 radical (unpaired) electrons. The Bertz CT molecular complexity index is 1090. The van der Waals surface area contributed by atoms with Gasteiger partial charge in [-0.2, -0.15) is 0 Å². The fourth-order valence-corrected chi connectivity index (χ4v) is 4.50. The first-order valence-corrected chi connectivity index (χ1v) is 13.3. The minimum absolute atomic E-state index is 0.168. The Labute approximate surface area is 208 Å². The molecule has 0 saturated heterocycles. The molecule has 2 amide bonds. The summed E-state index contributed by atoms with van der Waals surface area (Å²) in [6.45, 7) is 3.95. The third-order valence-corrected chi connectivity index (χ3v) is 6.61. The first-order chi connectivity index (χ1) is 16.7. The molecule has 0 heterocycles. The van der Waals surface area contributed by atoms with Crippen molar-refractivity contribution in [2.75, 3.05) is 37.9 Å². The van der Waals surface area contributed by atoms with Crippen LogP contribution in [0.4, 0.5) is 5.69 Å². The van der Waals surface area contributed by atoms with Crippen LogP contribution in [-0.2, 0) is 26.2 Å². The number of carbonyl (C=O) groups excluding carboxylic acids is 2. The second-order valence-electron chi connectivity index (χ2n) is 8.03. The van der Waals surface area contributed by atoms with E-state index >= 15 is 0 Å². The van der Waals surface area contributed by atoms with Crippen LogP contribution in [0.1, 0.15) is 32.3 Å². The lowest BCUT2D eigenvalue weighted by Crippen LogP contribution is -2.52. The maximum absolute atomic E-state index is 13.6. The summed E-state index contributed by atoms with van der Waals surface area (Å²) in [4.78, 5) is 28.0. The summed E-state index contributed by atoms with van der Waals surface area (Å²) in [6.07, 6.45) is 2.17. The van der Waals surface area contributed by atoms with Gasteiger partial charge in [0.15, 0.2) is 11.5 Å². The molecule has 0 aliphatic rings. The Balaban J connectivity index is 2.44. The van der Waals surface area contributed by atoms with E-state index in [1.54, 1.807) is 12.1 Å². The zero-order chi connectivity index (χ0) is 26.0. The lowest BCUT2D eigenvalue weighted by atomic mass is 10.1. The topological polar surface area (TPSA) is 105 Å². The number of methoxy groups -OCH3 is 2. The molecular weight excluding hydrogens is 470 g/mol. The molecule has 0 fully saturated rings.